The first kappa shape index (κ1) is 28.4. The minimum absolute atomic E-state index is 0.113. The third-order valence-electron chi connectivity index (χ3n) is 5.81. The highest BCUT2D eigenvalue weighted by molar-refractivity contribution is 5.90. The lowest BCUT2D eigenvalue weighted by Crippen LogP contribution is -2.48. The molecule has 1 aliphatic carbocycles. The predicted octanol–water partition coefficient (Wildman–Crippen LogP) is 4.40. The van der Waals surface area contributed by atoms with E-state index in [1.165, 1.54) is 0 Å². The van der Waals surface area contributed by atoms with Crippen molar-refractivity contribution in [3.05, 3.63) is 49.1 Å². The number of esters is 1. The average molecular weight is 461 g/mol. The van der Waals surface area contributed by atoms with Gasteiger partial charge >= 0.3 is 5.97 Å². The molecule has 33 heavy (non-hydrogen) atoms. The van der Waals surface area contributed by atoms with Crippen molar-refractivity contribution in [2.24, 2.45) is 17.8 Å². The maximum Gasteiger partial charge on any atom is 0.329 e. The van der Waals surface area contributed by atoms with Gasteiger partial charge in [-0.05, 0) is 56.9 Å². The molecule has 184 valence electrons. The average Bonchev–Trinajstić information content (AvgIpc) is 3.30. The predicted molar refractivity (Wildman–Crippen MR) is 129 cm³/mol. The molecule has 0 aromatic carbocycles. The minimum Gasteiger partial charge on any atom is -0.461 e. The molecule has 1 aliphatic rings. The summed E-state index contributed by atoms with van der Waals surface area (Å²) in [6.07, 6.45) is 13.1. The van der Waals surface area contributed by atoms with E-state index in [-0.39, 0.29) is 24.9 Å². The summed E-state index contributed by atoms with van der Waals surface area (Å²) in [7, 11) is 0. The van der Waals surface area contributed by atoms with E-state index in [1.54, 1.807) is 17.6 Å². The first-order chi connectivity index (χ1) is 15.8. The molecule has 1 unspecified atom stereocenters. The first-order valence-electron chi connectivity index (χ1n) is 11.8. The van der Waals surface area contributed by atoms with Gasteiger partial charge in [0, 0.05) is 6.42 Å². The largest absolute Gasteiger partial charge is 0.461 e. The SMILES string of the molecule is C=CC[C@H](C(=O)NO)[C@@H](CC(C)C)C(=O)NC(C/C(C=C)=C/C=C\C)C(=O)OC1CCCC1. The van der Waals surface area contributed by atoms with Gasteiger partial charge in [0.1, 0.15) is 12.1 Å². The van der Waals surface area contributed by atoms with E-state index < -0.39 is 35.7 Å². The zero-order valence-corrected chi connectivity index (χ0v) is 20.2. The van der Waals surface area contributed by atoms with Gasteiger partial charge in [-0.15, -0.1) is 6.58 Å². The van der Waals surface area contributed by atoms with E-state index in [9.17, 15) is 19.6 Å². The Morgan fingerprint density at radius 2 is 1.79 bits per heavy atom. The number of allylic oxidation sites excluding steroid dienone is 5. The molecular weight excluding hydrogens is 420 g/mol. The van der Waals surface area contributed by atoms with Crippen LogP contribution < -0.4 is 10.8 Å². The number of nitrogens with one attached hydrogen (secondary N) is 2. The Morgan fingerprint density at radius 3 is 2.30 bits per heavy atom. The van der Waals surface area contributed by atoms with Crippen LogP contribution in [0, 0.1) is 17.8 Å². The highest BCUT2D eigenvalue weighted by atomic mass is 16.5. The lowest BCUT2D eigenvalue weighted by molar-refractivity contribution is -0.153. The van der Waals surface area contributed by atoms with Crippen molar-refractivity contribution in [1.29, 1.82) is 0 Å². The van der Waals surface area contributed by atoms with Gasteiger partial charge < -0.3 is 10.1 Å². The van der Waals surface area contributed by atoms with Gasteiger partial charge in [0.05, 0.1) is 11.8 Å². The smallest absolute Gasteiger partial charge is 0.329 e. The summed E-state index contributed by atoms with van der Waals surface area (Å²) < 4.78 is 5.69. The molecular formula is C26H40N2O5. The van der Waals surface area contributed by atoms with Crippen molar-refractivity contribution < 1.29 is 24.3 Å². The maximum atomic E-state index is 13.4. The third-order valence-corrected chi connectivity index (χ3v) is 5.81. The fourth-order valence-corrected chi connectivity index (χ4v) is 4.08. The van der Waals surface area contributed by atoms with E-state index in [2.05, 4.69) is 18.5 Å². The van der Waals surface area contributed by atoms with Crippen LogP contribution in [0.25, 0.3) is 0 Å². The van der Waals surface area contributed by atoms with Crippen LogP contribution in [0.2, 0.25) is 0 Å². The second kappa shape index (κ2) is 15.2. The molecule has 1 fully saturated rings. The Kier molecular flexibility index (Phi) is 13.1. The molecule has 2 amide bonds. The molecule has 0 aromatic rings. The molecule has 1 saturated carbocycles. The van der Waals surface area contributed by atoms with Crippen molar-refractivity contribution in [3.8, 4) is 0 Å². The van der Waals surface area contributed by atoms with Crippen LogP contribution in [0.5, 0.6) is 0 Å². The zero-order chi connectivity index (χ0) is 24.8. The van der Waals surface area contributed by atoms with Crippen molar-refractivity contribution in [2.45, 2.75) is 77.9 Å². The number of carbonyl (C=O) groups excluding carboxylic acids is 3. The van der Waals surface area contributed by atoms with Gasteiger partial charge in [-0.25, -0.2) is 10.3 Å². The normalized spacial score (nSPS) is 17.4. The molecule has 0 spiro atoms. The summed E-state index contributed by atoms with van der Waals surface area (Å²) in [5, 5.41) is 12.0. The van der Waals surface area contributed by atoms with Gasteiger partial charge in [0.25, 0.3) is 0 Å². The lowest BCUT2D eigenvalue weighted by Gasteiger charge is -2.28. The van der Waals surface area contributed by atoms with Crippen molar-refractivity contribution in [1.82, 2.24) is 10.8 Å². The van der Waals surface area contributed by atoms with Crippen LogP contribution in [-0.2, 0) is 19.1 Å². The number of ether oxygens (including phenoxy) is 1. The highest BCUT2D eigenvalue weighted by Crippen LogP contribution is 2.26. The second-order valence-corrected chi connectivity index (χ2v) is 8.92. The molecule has 0 radical (unpaired) electrons. The van der Waals surface area contributed by atoms with Crippen LogP contribution in [-0.4, -0.2) is 35.1 Å². The Bertz CT molecular complexity index is 735. The Balaban J connectivity index is 3.17. The number of hydroxylamine groups is 1. The lowest BCUT2D eigenvalue weighted by atomic mass is 9.82. The highest BCUT2D eigenvalue weighted by Gasteiger charge is 2.36. The van der Waals surface area contributed by atoms with Crippen LogP contribution in [0.15, 0.2) is 49.1 Å². The van der Waals surface area contributed by atoms with E-state index in [0.717, 1.165) is 31.3 Å². The number of hydrogen-bond acceptors (Lipinski definition) is 5. The van der Waals surface area contributed by atoms with Crippen LogP contribution >= 0.6 is 0 Å². The van der Waals surface area contributed by atoms with E-state index >= 15 is 0 Å². The fraction of sp³-hybridized carbons (Fsp3) is 0.577. The van der Waals surface area contributed by atoms with Gasteiger partial charge in [0.15, 0.2) is 0 Å². The molecule has 3 atom stereocenters. The van der Waals surface area contributed by atoms with E-state index in [0.29, 0.717) is 6.42 Å². The molecule has 0 saturated heterocycles. The zero-order valence-electron chi connectivity index (χ0n) is 20.2. The number of rotatable bonds is 14. The Morgan fingerprint density at radius 1 is 1.12 bits per heavy atom. The van der Waals surface area contributed by atoms with Gasteiger partial charge in [-0.3, -0.25) is 14.8 Å². The van der Waals surface area contributed by atoms with Crippen molar-refractivity contribution in [2.75, 3.05) is 0 Å². The van der Waals surface area contributed by atoms with Gasteiger partial charge in [-0.2, -0.15) is 0 Å². The van der Waals surface area contributed by atoms with Crippen LogP contribution in [0.3, 0.4) is 0 Å². The van der Waals surface area contributed by atoms with Gasteiger partial charge in [0.2, 0.25) is 11.8 Å². The maximum absolute atomic E-state index is 13.4. The fourth-order valence-electron chi connectivity index (χ4n) is 4.08. The Hall–Kier alpha value is -2.67. The van der Waals surface area contributed by atoms with Crippen LogP contribution in [0.1, 0.15) is 65.7 Å². The molecule has 0 aromatic heterocycles. The summed E-state index contributed by atoms with van der Waals surface area (Å²) in [6.45, 7) is 13.3. The number of hydrogen-bond donors (Lipinski definition) is 3. The van der Waals surface area contributed by atoms with Crippen molar-refractivity contribution in [3.63, 3.8) is 0 Å². The molecule has 7 heteroatoms. The summed E-state index contributed by atoms with van der Waals surface area (Å²) in [4.78, 5) is 38.7. The number of amides is 2. The number of carbonyl (C=O) groups is 3. The summed E-state index contributed by atoms with van der Waals surface area (Å²) in [6, 6.07) is -0.913. The van der Waals surface area contributed by atoms with Crippen LogP contribution in [0.4, 0.5) is 0 Å². The topological polar surface area (TPSA) is 105 Å². The second-order valence-electron chi connectivity index (χ2n) is 8.92. The molecule has 3 N–H and O–H groups in total. The van der Waals surface area contributed by atoms with E-state index in [1.807, 2.05) is 39.0 Å². The minimum atomic E-state index is -0.913. The third kappa shape index (κ3) is 9.78. The van der Waals surface area contributed by atoms with Gasteiger partial charge in [-0.1, -0.05) is 50.8 Å². The first-order valence-corrected chi connectivity index (χ1v) is 11.8. The Labute approximate surface area is 198 Å². The van der Waals surface area contributed by atoms with Crippen molar-refractivity contribution >= 4 is 17.8 Å². The summed E-state index contributed by atoms with van der Waals surface area (Å²) in [5.41, 5.74) is 2.43. The monoisotopic (exact) mass is 460 g/mol. The molecule has 7 nitrogen and oxygen atoms in total. The molecule has 0 aliphatic heterocycles. The molecule has 0 heterocycles. The molecule has 1 rings (SSSR count). The molecule has 0 bridgehead atoms. The quantitative estimate of drug-likeness (QED) is 0.117. The standard InChI is InChI=1S/C26H40N2O5/c1-6-9-13-19(8-3)17-23(26(31)33-20-14-10-11-15-20)27-24(29)22(16-18(4)5)21(12-7-2)25(30)28-32/h6-9,13,18,20-23,32H,2-3,10-12,14-17H2,1,4-5H3,(H,27,29)(H,28,30)/b9-6-,19-13+/t21-,22+,23?/m0/s1. The van der Waals surface area contributed by atoms with E-state index in [4.69, 9.17) is 4.74 Å². The summed E-state index contributed by atoms with van der Waals surface area (Å²) in [5.74, 6) is -3.01. The summed E-state index contributed by atoms with van der Waals surface area (Å²) >= 11 is 0.